The molecule has 220 valence electrons. The minimum Gasteiger partial charge on any atom is -0.497 e. The Labute approximate surface area is 242 Å². The molecule has 1 aromatic heterocycles. The first kappa shape index (κ1) is 30.5. The van der Waals surface area contributed by atoms with Gasteiger partial charge in [0.05, 0.1) is 26.4 Å². The molecule has 0 bridgehead atoms. The molecule has 0 aliphatic carbocycles. The van der Waals surface area contributed by atoms with Gasteiger partial charge in [0, 0.05) is 56.4 Å². The Hall–Kier alpha value is -3.48. The number of hydrogen-bond donors (Lipinski definition) is 0. The summed E-state index contributed by atoms with van der Waals surface area (Å²) in [6.07, 6.45) is -0.277. The van der Waals surface area contributed by atoms with Crippen molar-refractivity contribution in [2.24, 2.45) is 0 Å². The van der Waals surface area contributed by atoms with Crippen molar-refractivity contribution in [3.8, 4) is 17.4 Å². The smallest absolute Gasteiger partial charge is 0.251 e. The minimum absolute atomic E-state index is 0.0807. The molecule has 1 aliphatic heterocycles. The fraction of sp³-hybridized carbons (Fsp3) is 0.357. The van der Waals surface area contributed by atoms with Gasteiger partial charge in [-0.3, -0.25) is 4.79 Å². The van der Waals surface area contributed by atoms with E-state index in [-0.39, 0.29) is 28.9 Å². The third kappa shape index (κ3) is 6.88. The summed E-state index contributed by atoms with van der Waals surface area (Å²) in [5, 5.41) is -0.0991. The van der Waals surface area contributed by atoms with E-state index >= 15 is 8.78 Å². The van der Waals surface area contributed by atoms with Gasteiger partial charge in [0.25, 0.3) is 5.92 Å². The molecule has 0 radical (unpaired) electrons. The summed E-state index contributed by atoms with van der Waals surface area (Å²) in [5.74, 6) is -2.90. The SMILES string of the molecule is COc1ccc(CN2CCC(F)(F)CC(N(Cc3ccc(OC)nc3)S(=O)(=O)c3ccccc3Cl)C2=O)c(OC)c1. The van der Waals surface area contributed by atoms with Gasteiger partial charge in [-0.05, 0) is 29.8 Å². The van der Waals surface area contributed by atoms with Crippen molar-refractivity contribution in [2.75, 3.05) is 27.9 Å². The van der Waals surface area contributed by atoms with E-state index in [1.165, 1.54) is 56.7 Å². The third-order valence-corrected chi connectivity index (χ3v) is 9.16. The van der Waals surface area contributed by atoms with Crippen LogP contribution >= 0.6 is 11.6 Å². The zero-order valence-electron chi connectivity index (χ0n) is 22.7. The first-order valence-electron chi connectivity index (χ1n) is 12.6. The highest BCUT2D eigenvalue weighted by Crippen LogP contribution is 2.36. The quantitative estimate of drug-likeness (QED) is 0.326. The van der Waals surface area contributed by atoms with Gasteiger partial charge in [0.1, 0.15) is 22.4 Å². The molecule has 3 aromatic rings. The zero-order valence-corrected chi connectivity index (χ0v) is 24.3. The van der Waals surface area contributed by atoms with E-state index in [4.69, 9.17) is 25.8 Å². The van der Waals surface area contributed by atoms with Crippen molar-refractivity contribution in [3.05, 3.63) is 76.9 Å². The lowest BCUT2D eigenvalue weighted by Gasteiger charge is -2.33. The Morgan fingerprint density at radius 1 is 1.07 bits per heavy atom. The monoisotopic (exact) mass is 609 g/mol. The number of amides is 1. The van der Waals surface area contributed by atoms with Crippen LogP contribution in [0.2, 0.25) is 5.02 Å². The van der Waals surface area contributed by atoms with E-state index in [1.54, 1.807) is 30.3 Å². The largest absolute Gasteiger partial charge is 0.497 e. The van der Waals surface area contributed by atoms with Crippen LogP contribution in [0.3, 0.4) is 0 Å². The number of carbonyl (C=O) groups excluding carboxylic acids is 1. The third-order valence-electron chi connectivity index (χ3n) is 6.81. The first-order valence-corrected chi connectivity index (χ1v) is 14.4. The molecule has 2 heterocycles. The van der Waals surface area contributed by atoms with Crippen molar-refractivity contribution in [3.63, 3.8) is 0 Å². The molecular formula is C28H30ClF2N3O6S. The van der Waals surface area contributed by atoms with Crippen molar-refractivity contribution in [1.82, 2.24) is 14.2 Å². The number of methoxy groups -OCH3 is 3. The summed E-state index contributed by atoms with van der Waals surface area (Å²) < 4.78 is 75.0. The van der Waals surface area contributed by atoms with E-state index in [0.29, 0.717) is 22.6 Å². The maximum absolute atomic E-state index is 15.2. The predicted octanol–water partition coefficient (Wildman–Crippen LogP) is 4.78. The molecule has 13 heteroatoms. The molecule has 4 rings (SSSR count). The zero-order chi connectivity index (χ0) is 29.8. The molecule has 0 spiro atoms. The van der Waals surface area contributed by atoms with Gasteiger partial charge >= 0.3 is 0 Å². The molecular weight excluding hydrogens is 580 g/mol. The van der Waals surface area contributed by atoms with Crippen LogP contribution in [-0.2, 0) is 27.9 Å². The molecule has 9 nitrogen and oxygen atoms in total. The number of nitrogens with zero attached hydrogens (tertiary/aromatic N) is 3. The van der Waals surface area contributed by atoms with Crippen LogP contribution in [0.5, 0.6) is 17.4 Å². The molecule has 2 aromatic carbocycles. The lowest BCUT2D eigenvalue weighted by Crippen LogP contribution is -2.50. The average molecular weight is 610 g/mol. The second-order valence-corrected chi connectivity index (χ2v) is 11.7. The lowest BCUT2D eigenvalue weighted by molar-refractivity contribution is -0.136. The Balaban J connectivity index is 1.78. The summed E-state index contributed by atoms with van der Waals surface area (Å²) in [7, 11) is -0.180. The topological polar surface area (TPSA) is 98.3 Å². The lowest BCUT2D eigenvalue weighted by atomic mass is 10.1. The molecule has 0 N–H and O–H groups in total. The van der Waals surface area contributed by atoms with Crippen molar-refractivity contribution in [2.45, 2.75) is 42.8 Å². The predicted molar refractivity (Wildman–Crippen MR) is 148 cm³/mol. The number of likely N-dealkylation sites (tertiary alicyclic amines) is 1. The number of halogens is 3. The van der Waals surface area contributed by atoms with Gasteiger partial charge in [0.15, 0.2) is 0 Å². The van der Waals surface area contributed by atoms with Gasteiger partial charge in [-0.1, -0.05) is 29.8 Å². The molecule has 1 atom stereocenters. The maximum atomic E-state index is 15.2. The fourth-order valence-electron chi connectivity index (χ4n) is 4.61. The number of alkyl halides is 2. The van der Waals surface area contributed by atoms with Crippen molar-refractivity contribution in [1.29, 1.82) is 0 Å². The highest BCUT2D eigenvalue weighted by Gasteiger charge is 2.47. The molecule has 0 saturated carbocycles. The number of rotatable bonds is 10. The van der Waals surface area contributed by atoms with E-state index < -0.39 is 47.3 Å². The van der Waals surface area contributed by atoms with Gasteiger partial charge < -0.3 is 19.1 Å². The number of sulfonamides is 1. The van der Waals surface area contributed by atoms with Crippen LogP contribution in [0, 0.1) is 0 Å². The van der Waals surface area contributed by atoms with Crippen LogP contribution in [0.1, 0.15) is 24.0 Å². The first-order chi connectivity index (χ1) is 19.5. The maximum Gasteiger partial charge on any atom is 0.251 e. The molecule has 1 fully saturated rings. The van der Waals surface area contributed by atoms with E-state index in [2.05, 4.69) is 4.98 Å². The van der Waals surface area contributed by atoms with E-state index in [9.17, 15) is 13.2 Å². The Morgan fingerprint density at radius 2 is 1.83 bits per heavy atom. The fourth-order valence-corrected chi connectivity index (χ4v) is 6.67. The van der Waals surface area contributed by atoms with E-state index in [1.807, 2.05) is 0 Å². The Morgan fingerprint density at radius 3 is 2.46 bits per heavy atom. The molecule has 1 unspecified atom stereocenters. The minimum atomic E-state index is -4.54. The molecule has 41 heavy (non-hydrogen) atoms. The summed E-state index contributed by atoms with van der Waals surface area (Å²) >= 11 is 6.25. The standard InChI is InChI=1S/C28H30ClF2N3O6S/c1-38-21-10-9-20(24(14-21)39-2)18-33-13-12-28(30,31)15-23(27(33)35)34(17-19-8-11-26(40-3)32-16-19)41(36,37)25-7-5-4-6-22(25)29/h4-11,14,16,23H,12-13,15,17-18H2,1-3H3. The van der Waals surface area contributed by atoms with Crippen LogP contribution in [0.15, 0.2) is 65.7 Å². The summed E-state index contributed by atoms with van der Waals surface area (Å²) in [6, 6.07) is 12.0. The average Bonchev–Trinajstić information content (AvgIpc) is 3.07. The molecule has 1 amide bonds. The number of benzene rings is 2. The number of pyridine rings is 1. The highest BCUT2D eigenvalue weighted by atomic mass is 35.5. The second kappa shape index (κ2) is 12.6. The van der Waals surface area contributed by atoms with Crippen LogP contribution in [0.4, 0.5) is 8.78 Å². The summed E-state index contributed by atoms with van der Waals surface area (Å²) in [5.41, 5.74) is 0.913. The van der Waals surface area contributed by atoms with Crippen molar-refractivity contribution < 1.29 is 36.2 Å². The van der Waals surface area contributed by atoms with Gasteiger partial charge in [-0.25, -0.2) is 22.2 Å². The Kier molecular flexibility index (Phi) is 9.35. The van der Waals surface area contributed by atoms with Gasteiger partial charge in [0.2, 0.25) is 21.8 Å². The highest BCUT2D eigenvalue weighted by molar-refractivity contribution is 7.89. The number of aromatic nitrogens is 1. The number of hydrogen-bond acceptors (Lipinski definition) is 7. The normalized spacial score (nSPS) is 17.3. The number of carbonyl (C=O) groups is 1. The second-order valence-electron chi connectivity index (χ2n) is 9.45. The summed E-state index contributed by atoms with van der Waals surface area (Å²) in [6.45, 7) is -0.777. The van der Waals surface area contributed by atoms with Gasteiger partial charge in [-0.2, -0.15) is 4.31 Å². The van der Waals surface area contributed by atoms with E-state index in [0.717, 1.165) is 4.31 Å². The van der Waals surface area contributed by atoms with Crippen LogP contribution in [0.25, 0.3) is 0 Å². The summed E-state index contributed by atoms with van der Waals surface area (Å²) in [4.78, 5) is 19.0. The number of ether oxygens (including phenoxy) is 3. The molecule has 1 aliphatic rings. The molecule has 1 saturated heterocycles. The Bertz CT molecular complexity index is 1490. The van der Waals surface area contributed by atoms with Crippen molar-refractivity contribution >= 4 is 27.5 Å². The van der Waals surface area contributed by atoms with Crippen LogP contribution in [-0.4, -0.2) is 68.4 Å². The van der Waals surface area contributed by atoms with Gasteiger partial charge in [-0.15, -0.1) is 0 Å². The van der Waals surface area contributed by atoms with Crippen LogP contribution < -0.4 is 14.2 Å².